The molecule has 3 aliphatic rings. The van der Waals surface area contributed by atoms with E-state index < -0.39 is 6.08 Å². The van der Waals surface area contributed by atoms with E-state index in [2.05, 4.69) is 27.0 Å². The predicted molar refractivity (Wildman–Crippen MR) is 90.5 cm³/mol. The Labute approximate surface area is 147 Å². The van der Waals surface area contributed by atoms with Crippen molar-refractivity contribution in [2.24, 2.45) is 10.9 Å². The lowest BCUT2D eigenvalue weighted by atomic mass is 10.1. The van der Waals surface area contributed by atoms with Crippen LogP contribution in [0.25, 0.3) is 5.69 Å². The van der Waals surface area contributed by atoms with Gasteiger partial charge in [0.25, 0.3) is 6.08 Å². The van der Waals surface area contributed by atoms with E-state index in [9.17, 15) is 4.39 Å². The molecular formula is C17H14FN7O. The highest BCUT2D eigenvalue weighted by Crippen LogP contribution is 2.47. The van der Waals surface area contributed by atoms with Crippen molar-refractivity contribution in [2.75, 3.05) is 10.0 Å². The van der Waals surface area contributed by atoms with Gasteiger partial charge in [0.2, 0.25) is 0 Å². The van der Waals surface area contributed by atoms with Crippen molar-refractivity contribution in [3.8, 4) is 5.69 Å². The summed E-state index contributed by atoms with van der Waals surface area (Å²) in [5.74, 6) is 2.20. The van der Waals surface area contributed by atoms with Crippen molar-refractivity contribution < 1.29 is 8.91 Å². The number of aromatic nitrogens is 4. The Kier molecular flexibility index (Phi) is 2.52. The summed E-state index contributed by atoms with van der Waals surface area (Å²) in [7, 11) is 0. The van der Waals surface area contributed by atoms with Crippen LogP contribution in [0.5, 0.6) is 0 Å². The summed E-state index contributed by atoms with van der Waals surface area (Å²) in [5.41, 5.74) is 1.61. The molecule has 0 saturated heterocycles. The van der Waals surface area contributed by atoms with E-state index in [1.54, 1.807) is 11.3 Å². The van der Waals surface area contributed by atoms with Gasteiger partial charge < -0.3 is 4.52 Å². The molecule has 26 heavy (non-hydrogen) atoms. The molecule has 0 radical (unpaired) electrons. The summed E-state index contributed by atoms with van der Waals surface area (Å²) in [4.78, 5) is 13.0. The number of para-hydroxylation sites is 1. The molecule has 0 amide bonds. The second kappa shape index (κ2) is 4.69. The molecule has 0 N–H and O–H groups in total. The van der Waals surface area contributed by atoms with Crippen LogP contribution in [0.3, 0.4) is 0 Å². The van der Waals surface area contributed by atoms with Gasteiger partial charge >= 0.3 is 6.01 Å². The average molecular weight is 351 g/mol. The number of hydrogen-bond acceptors (Lipinski definition) is 7. The van der Waals surface area contributed by atoms with Crippen LogP contribution in [0, 0.1) is 12.0 Å². The quantitative estimate of drug-likeness (QED) is 0.707. The standard InChI is InChI=1S/C17H14FN7O/c1-9-6-11(9)14-21-17(26-22-14)23-8-20-15-10-4-2-3-5-12(10)24-13(25(15)23)7-19-16(24)18/h2-5,7-9,11,15H,6H2,1H3. The number of imidazole rings is 1. The highest BCUT2D eigenvalue weighted by atomic mass is 19.1. The Bertz CT molecular complexity index is 1060. The van der Waals surface area contributed by atoms with Crippen molar-refractivity contribution in [3.05, 3.63) is 47.9 Å². The van der Waals surface area contributed by atoms with Gasteiger partial charge in [-0.1, -0.05) is 30.3 Å². The molecule has 1 saturated carbocycles. The fraction of sp³-hybridized carbons (Fsp3) is 0.294. The molecule has 0 spiro atoms. The van der Waals surface area contributed by atoms with Gasteiger partial charge in [0.1, 0.15) is 6.34 Å². The van der Waals surface area contributed by atoms with Crippen LogP contribution < -0.4 is 10.0 Å². The van der Waals surface area contributed by atoms with E-state index >= 15 is 0 Å². The van der Waals surface area contributed by atoms with Crippen molar-refractivity contribution in [1.29, 1.82) is 0 Å². The lowest BCUT2D eigenvalue weighted by Gasteiger charge is -2.35. The largest absolute Gasteiger partial charge is 0.348 e. The molecule has 1 aromatic carbocycles. The minimum absolute atomic E-state index is 0.317. The lowest BCUT2D eigenvalue weighted by molar-refractivity contribution is 0.411. The molecule has 1 aliphatic carbocycles. The first-order valence-corrected chi connectivity index (χ1v) is 8.50. The summed E-state index contributed by atoms with van der Waals surface area (Å²) in [5, 5.41) is 7.58. The number of fused-ring (bicyclic) bond motifs is 6. The summed E-state index contributed by atoms with van der Waals surface area (Å²) >= 11 is 0. The highest BCUT2D eigenvalue weighted by Gasteiger charge is 2.43. The van der Waals surface area contributed by atoms with Crippen molar-refractivity contribution >= 4 is 18.2 Å². The van der Waals surface area contributed by atoms with E-state index in [-0.39, 0.29) is 6.17 Å². The van der Waals surface area contributed by atoms with Crippen molar-refractivity contribution in [2.45, 2.75) is 25.4 Å². The number of rotatable bonds is 2. The minimum atomic E-state index is -0.573. The zero-order valence-corrected chi connectivity index (χ0v) is 13.8. The molecule has 2 aliphatic heterocycles. The maximum atomic E-state index is 14.4. The Morgan fingerprint density at radius 2 is 2.12 bits per heavy atom. The van der Waals surface area contributed by atoms with E-state index in [0.717, 1.165) is 17.7 Å². The molecule has 9 heteroatoms. The van der Waals surface area contributed by atoms with Gasteiger partial charge in [-0.2, -0.15) is 14.4 Å². The third-order valence-corrected chi connectivity index (χ3v) is 5.24. The highest BCUT2D eigenvalue weighted by molar-refractivity contribution is 5.84. The van der Waals surface area contributed by atoms with Crippen LogP contribution in [0.4, 0.5) is 16.2 Å². The van der Waals surface area contributed by atoms with Crippen molar-refractivity contribution in [3.63, 3.8) is 0 Å². The number of aliphatic imine (C=N–C) groups is 1. The fourth-order valence-electron chi connectivity index (χ4n) is 3.72. The molecule has 2 aromatic heterocycles. The molecule has 8 nitrogen and oxygen atoms in total. The third-order valence-electron chi connectivity index (χ3n) is 5.24. The molecule has 3 aromatic rings. The van der Waals surface area contributed by atoms with Crippen LogP contribution in [0.15, 0.2) is 40.0 Å². The minimum Gasteiger partial charge on any atom is -0.313 e. The van der Waals surface area contributed by atoms with Gasteiger partial charge in [0.05, 0.1) is 11.9 Å². The van der Waals surface area contributed by atoms with Gasteiger partial charge in [-0.15, -0.1) is 0 Å². The molecule has 3 atom stereocenters. The maximum Gasteiger partial charge on any atom is 0.348 e. The van der Waals surface area contributed by atoms with E-state index in [1.807, 2.05) is 29.3 Å². The maximum absolute atomic E-state index is 14.4. The van der Waals surface area contributed by atoms with Crippen LogP contribution in [-0.2, 0) is 0 Å². The predicted octanol–water partition coefficient (Wildman–Crippen LogP) is 2.80. The van der Waals surface area contributed by atoms with Gasteiger partial charge in [-0.25, -0.2) is 15.0 Å². The molecule has 1 fully saturated rings. The second-order valence-corrected chi connectivity index (χ2v) is 6.86. The van der Waals surface area contributed by atoms with E-state index in [4.69, 9.17) is 4.52 Å². The first kappa shape index (κ1) is 14.0. The van der Waals surface area contributed by atoms with Gasteiger partial charge in [-0.05, 0) is 18.4 Å². The van der Waals surface area contributed by atoms with Crippen LogP contribution in [-0.4, -0.2) is 26.0 Å². The first-order chi connectivity index (χ1) is 12.7. The number of halogens is 1. The van der Waals surface area contributed by atoms with Crippen LogP contribution in [0.2, 0.25) is 0 Å². The van der Waals surface area contributed by atoms with Gasteiger partial charge in [0, 0.05) is 11.5 Å². The summed E-state index contributed by atoms with van der Waals surface area (Å²) < 4.78 is 21.3. The molecule has 4 heterocycles. The van der Waals surface area contributed by atoms with Gasteiger partial charge in [0.15, 0.2) is 17.8 Å². The topological polar surface area (TPSA) is 75.6 Å². The lowest BCUT2D eigenvalue weighted by Crippen LogP contribution is -2.43. The van der Waals surface area contributed by atoms with Gasteiger partial charge in [-0.3, -0.25) is 4.57 Å². The normalized spacial score (nSPS) is 25.2. The second-order valence-electron chi connectivity index (χ2n) is 6.86. The number of nitrogens with zero attached hydrogens (tertiary/aromatic N) is 7. The summed E-state index contributed by atoms with van der Waals surface area (Å²) in [6.07, 6.45) is 3.29. The number of benzene rings is 1. The van der Waals surface area contributed by atoms with E-state index in [1.165, 1.54) is 10.8 Å². The van der Waals surface area contributed by atoms with Crippen molar-refractivity contribution in [1.82, 2.24) is 19.7 Å². The average Bonchev–Trinajstić information content (AvgIpc) is 3.05. The third kappa shape index (κ3) is 1.72. The van der Waals surface area contributed by atoms with Crippen LogP contribution in [0.1, 0.15) is 36.8 Å². The fourth-order valence-corrected chi connectivity index (χ4v) is 3.72. The number of hydrogen-bond donors (Lipinski definition) is 0. The van der Waals surface area contributed by atoms with E-state index in [0.29, 0.717) is 29.5 Å². The molecule has 3 unspecified atom stereocenters. The summed E-state index contributed by atoms with van der Waals surface area (Å²) in [6.45, 7) is 2.16. The Morgan fingerprint density at radius 1 is 1.27 bits per heavy atom. The molecule has 130 valence electrons. The monoisotopic (exact) mass is 351 g/mol. The smallest absolute Gasteiger partial charge is 0.313 e. The molecule has 0 bridgehead atoms. The molecule has 6 rings (SSSR count). The molecular weight excluding hydrogens is 337 g/mol. The Hall–Kier alpha value is -3.23. The summed E-state index contributed by atoms with van der Waals surface area (Å²) in [6, 6.07) is 7.89. The number of anilines is 2. The van der Waals surface area contributed by atoms with Crippen LogP contribution >= 0.6 is 0 Å². The first-order valence-electron chi connectivity index (χ1n) is 8.50. The zero-order valence-electron chi connectivity index (χ0n) is 13.8. The SMILES string of the molecule is CC1CC1c1noc(N2C=NC3c4ccccc4-n4c(cnc4F)N32)n1. The Morgan fingerprint density at radius 3 is 2.96 bits per heavy atom. The Balaban J connectivity index is 1.47. The zero-order chi connectivity index (χ0) is 17.4. The number of hydrazine groups is 1.